The third kappa shape index (κ3) is 3.25. The highest BCUT2D eigenvalue weighted by atomic mass is 16.2. The quantitative estimate of drug-likeness (QED) is 0.906. The van der Waals surface area contributed by atoms with Crippen LogP contribution in [0, 0.1) is 5.92 Å². The minimum atomic E-state index is 0.0994. The van der Waals surface area contributed by atoms with Gasteiger partial charge in [0, 0.05) is 24.3 Å². The molecule has 1 unspecified atom stereocenters. The summed E-state index contributed by atoms with van der Waals surface area (Å²) in [5.74, 6) is 1.20. The molecule has 1 saturated heterocycles. The molecule has 4 nitrogen and oxygen atoms in total. The van der Waals surface area contributed by atoms with Gasteiger partial charge in [-0.3, -0.25) is 4.79 Å². The Labute approximate surface area is 115 Å². The van der Waals surface area contributed by atoms with E-state index >= 15 is 0 Å². The molecule has 0 aromatic carbocycles. The van der Waals surface area contributed by atoms with E-state index in [0.717, 1.165) is 31.6 Å². The molecule has 0 spiro atoms. The summed E-state index contributed by atoms with van der Waals surface area (Å²) in [5.41, 5.74) is 7.33. The van der Waals surface area contributed by atoms with Crippen molar-refractivity contribution in [1.29, 1.82) is 0 Å². The predicted molar refractivity (Wildman–Crippen MR) is 76.9 cm³/mol. The first-order valence-corrected chi connectivity index (χ1v) is 7.19. The van der Waals surface area contributed by atoms with E-state index in [1.807, 2.05) is 17.9 Å². The Balaban J connectivity index is 2.10. The fraction of sp³-hybridized carbons (Fsp3) is 0.600. The molecular formula is C15H23N3O. The van der Waals surface area contributed by atoms with E-state index in [-0.39, 0.29) is 5.91 Å². The summed E-state index contributed by atoms with van der Waals surface area (Å²) in [7, 11) is 0. The number of nitrogen functional groups attached to an aromatic ring is 1. The van der Waals surface area contributed by atoms with Crippen LogP contribution in [0.3, 0.4) is 0 Å². The summed E-state index contributed by atoms with van der Waals surface area (Å²) in [5, 5.41) is 0. The summed E-state index contributed by atoms with van der Waals surface area (Å²) < 4.78 is 0. The fourth-order valence-corrected chi connectivity index (χ4v) is 2.76. The summed E-state index contributed by atoms with van der Waals surface area (Å²) in [6.45, 7) is 5.97. The molecule has 1 atom stereocenters. The second-order valence-electron chi connectivity index (χ2n) is 5.32. The standard InChI is InChI=1S/C15H23N3O/c1-3-5-11-6-7-18(10-11)15(19)12-8-13(4-2)17-14(16)9-12/h8-9,11H,3-7,10H2,1-2H3,(H2,16,17). The number of amides is 1. The third-order valence-corrected chi connectivity index (χ3v) is 3.78. The molecule has 2 rings (SSSR count). The number of rotatable bonds is 4. The molecule has 2 N–H and O–H groups in total. The average molecular weight is 261 g/mol. The van der Waals surface area contributed by atoms with E-state index in [1.165, 1.54) is 12.8 Å². The van der Waals surface area contributed by atoms with E-state index in [0.29, 0.717) is 17.3 Å². The van der Waals surface area contributed by atoms with E-state index < -0.39 is 0 Å². The van der Waals surface area contributed by atoms with Crippen molar-refractivity contribution in [2.24, 2.45) is 5.92 Å². The van der Waals surface area contributed by atoms with Crippen LogP contribution in [0.25, 0.3) is 0 Å². The number of aryl methyl sites for hydroxylation is 1. The predicted octanol–water partition coefficient (Wildman–Crippen LogP) is 2.49. The minimum Gasteiger partial charge on any atom is -0.384 e. The Morgan fingerprint density at radius 2 is 2.26 bits per heavy atom. The van der Waals surface area contributed by atoms with Gasteiger partial charge >= 0.3 is 0 Å². The number of likely N-dealkylation sites (tertiary alicyclic amines) is 1. The zero-order valence-electron chi connectivity index (χ0n) is 11.9. The Morgan fingerprint density at radius 1 is 1.47 bits per heavy atom. The molecule has 0 saturated carbocycles. The Kier molecular flexibility index (Phi) is 4.40. The molecule has 104 valence electrons. The first kappa shape index (κ1) is 13.8. The second-order valence-corrected chi connectivity index (χ2v) is 5.32. The molecule has 1 aromatic heterocycles. The van der Waals surface area contributed by atoms with Crippen molar-refractivity contribution < 1.29 is 4.79 Å². The number of anilines is 1. The SMILES string of the molecule is CCCC1CCN(C(=O)c2cc(N)nc(CC)c2)C1. The maximum absolute atomic E-state index is 12.5. The van der Waals surface area contributed by atoms with Crippen LogP contribution in [-0.4, -0.2) is 28.9 Å². The van der Waals surface area contributed by atoms with Gasteiger partial charge in [-0.1, -0.05) is 20.3 Å². The third-order valence-electron chi connectivity index (χ3n) is 3.78. The normalized spacial score (nSPS) is 18.8. The lowest BCUT2D eigenvalue weighted by atomic mass is 10.0. The van der Waals surface area contributed by atoms with Gasteiger partial charge in [-0.05, 0) is 37.3 Å². The Hall–Kier alpha value is -1.58. The van der Waals surface area contributed by atoms with E-state index in [2.05, 4.69) is 11.9 Å². The fourth-order valence-electron chi connectivity index (χ4n) is 2.76. The molecular weight excluding hydrogens is 238 g/mol. The highest BCUT2D eigenvalue weighted by molar-refractivity contribution is 5.95. The number of nitrogens with two attached hydrogens (primary N) is 1. The van der Waals surface area contributed by atoms with Crippen LogP contribution < -0.4 is 5.73 Å². The second kappa shape index (κ2) is 6.04. The number of nitrogens with zero attached hydrogens (tertiary/aromatic N) is 2. The van der Waals surface area contributed by atoms with Crippen molar-refractivity contribution in [1.82, 2.24) is 9.88 Å². The molecule has 1 amide bonds. The van der Waals surface area contributed by atoms with Crippen LogP contribution in [0.15, 0.2) is 12.1 Å². The summed E-state index contributed by atoms with van der Waals surface area (Å²) in [6, 6.07) is 3.56. The van der Waals surface area contributed by atoms with Crippen LogP contribution in [-0.2, 0) is 6.42 Å². The molecule has 1 aliphatic rings. The summed E-state index contributed by atoms with van der Waals surface area (Å²) in [6.07, 6.45) is 4.32. The van der Waals surface area contributed by atoms with Gasteiger partial charge in [-0.15, -0.1) is 0 Å². The topological polar surface area (TPSA) is 59.2 Å². The van der Waals surface area contributed by atoms with Crippen LogP contribution in [0.1, 0.15) is 49.2 Å². The van der Waals surface area contributed by atoms with Gasteiger partial charge in [0.15, 0.2) is 0 Å². The van der Waals surface area contributed by atoms with E-state index in [4.69, 9.17) is 5.73 Å². The Bertz CT molecular complexity index is 459. The molecule has 19 heavy (non-hydrogen) atoms. The first-order valence-electron chi connectivity index (χ1n) is 7.19. The Morgan fingerprint density at radius 3 is 2.95 bits per heavy atom. The lowest BCUT2D eigenvalue weighted by molar-refractivity contribution is 0.0786. The van der Waals surface area contributed by atoms with Gasteiger partial charge in [0.25, 0.3) is 5.91 Å². The number of aromatic nitrogens is 1. The number of hydrogen-bond acceptors (Lipinski definition) is 3. The molecule has 2 heterocycles. The summed E-state index contributed by atoms with van der Waals surface area (Å²) in [4.78, 5) is 18.6. The van der Waals surface area contributed by atoms with E-state index in [1.54, 1.807) is 6.07 Å². The molecule has 0 radical (unpaired) electrons. The number of carbonyl (C=O) groups excluding carboxylic acids is 1. The summed E-state index contributed by atoms with van der Waals surface area (Å²) >= 11 is 0. The molecule has 0 bridgehead atoms. The molecule has 1 aromatic rings. The van der Waals surface area contributed by atoms with Crippen LogP contribution in [0.2, 0.25) is 0 Å². The minimum absolute atomic E-state index is 0.0994. The van der Waals surface area contributed by atoms with Gasteiger partial charge in [-0.2, -0.15) is 0 Å². The van der Waals surface area contributed by atoms with Gasteiger partial charge in [0.05, 0.1) is 0 Å². The zero-order valence-corrected chi connectivity index (χ0v) is 11.9. The molecule has 4 heteroatoms. The number of carbonyl (C=O) groups is 1. The van der Waals surface area contributed by atoms with Crippen molar-refractivity contribution >= 4 is 11.7 Å². The lowest BCUT2D eigenvalue weighted by Gasteiger charge is -2.17. The van der Waals surface area contributed by atoms with Crippen LogP contribution in [0.5, 0.6) is 0 Å². The highest BCUT2D eigenvalue weighted by Crippen LogP contribution is 2.23. The van der Waals surface area contributed by atoms with Crippen LogP contribution >= 0.6 is 0 Å². The van der Waals surface area contributed by atoms with Gasteiger partial charge in [0.1, 0.15) is 5.82 Å². The largest absolute Gasteiger partial charge is 0.384 e. The van der Waals surface area contributed by atoms with E-state index in [9.17, 15) is 4.79 Å². The van der Waals surface area contributed by atoms with Gasteiger partial charge in [-0.25, -0.2) is 4.98 Å². The van der Waals surface area contributed by atoms with Crippen molar-refractivity contribution in [3.8, 4) is 0 Å². The zero-order chi connectivity index (χ0) is 13.8. The lowest BCUT2D eigenvalue weighted by Crippen LogP contribution is -2.29. The molecule has 1 fully saturated rings. The smallest absolute Gasteiger partial charge is 0.254 e. The van der Waals surface area contributed by atoms with Crippen molar-refractivity contribution in [3.05, 3.63) is 23.4 Å². The number of hydrogen-bond donors (Lipinski definition) is 1. The van der Waals surface area contributed by atoms with Gasteiger partial charge in [0.2, 0.25) is 0 Å². The number of pyridine rings is 1. The molecule has 0 aliphatic carbocycles. The van der Waals surface area contributed by atoms with Crippen molar-refractivity contribution in [2.45, 2.75) is 39.5 Å². The van der Waals surface area contributed by atoms with Crippen molar-refractivity contribution in [2.75, 3.05) is 18.8 Å². The maximum atomic E-state index is 12.5. The maximum Gasteiger partial charge on any atom is 0.254 e. The highest BCUT2D eigenvalue weighted by Gasteiger charge is 2.26. The monoisotopic (exact) mass is 261 g/mol. The van der Waals surface area contributed by atoms with Crippen molar-refractivity contribution in [3.63, 3.8) is 0 Å². The van der Waals surface area contributed by atoms with Crippen LogP contribution in [0.4, 0.5) is 5.82 Å². The van der Waals surface area contributed by atoms with Gasteiger partial charge < -0.3 is 10.6 Å². The first-order chi connectivity index (χ1) is 9.13. The molecule has 1 aliphatic heterocycles. The average Bonchev–Trinajstić information content (AvgIpc) is 2.86.